The van der Waals surface area contributed by atoms with E-state index in [-0.39, 0.29) is 36.1 Å². The Morgan fingerprint density at radius 2 is 1.59 bits per heavy atom. The summed E-state index contributed by atoms with van der Waals surface area (Å²) in [5.41, 5.74) is 3.89. The van der Waals surface area contributed by atoms with Crippen LogP contribution in [0.25, 0.3) is 0 Å². The van der Waals surface area contributed by atoms with Crippen LogP contribution < -0.4 is 16.0 Å². The molecule has 0 heterocycles. The van der Waals surface area contributed by atoms with Crippen LogP contribution in [0, 0.1) is 32.6 Å². The molecular weight excluding hydrogens is 366 g/mol. The Balaban J connectivity index is 1.91. The molecule has 0 aromatic heterocycles. The standard InChI is InChI=1S/C23H35N3O3/c1-14(2)20(26-22(28)18-9-7-6-8-10-18)23(29)24-13-19(27)25-21-16(4)11-15(3)12-17(21)5/h11-12,14,18,20H,6-10,13H2,1-5H3,(H,24,29)(H,25,27)(H,26,28). The van der Waals surface area contributed by atoms with Crippen molar-refractivity contribution in [1.82, 2.24) is 10.6 Å². The van der Waals surface area contributed by atoms with Gasteiger partial charge in [-0.3, -0.25) is 14.4 Å². The zero-order valence-electron chi connectivity index (χ0n) is 18.4. The number of carbonyl (C=O) groups excluding carboxylic acids is 3. The highest BCUT2D eigenvalue weighted by atomic mass is 16.2. The zero-order valence-corrected chi connectivity index (χ0v) is 18.4. The molecule has 1 unspecified atom stereocenters. The molecule has 0 radical (unpaired) electrons. The molecule has 1 aromatic carbocycles. The van der Waals surface area contributed by atoms with Gasteiger partial charge in [0.1, 0.15) is 6.04 Å². The second-order valence-electron chi connectivity index (χ2n) is 8.60. The molecule has 6 heteroatoms. The first-order chi connectivity index (χ1) is 13.7. The number of carbonyl (C=O) groups is 3. The molecule has 0 bridgehead atoms. The summed E-state index contributed by atoms with van der Waals surface area (Å²) >= 11 is 0. The predicted octanol–water partition coefficient (Wildman–Crippen LogP) is 3.39. The minimum absolute atomic E-state index is 0.00594. The summed E-state index contributed by atoms with van der Waals surface area (Å²) in [6.07, 6.45) is 5.07. The molecule has 1 atom stereocenters. The van der Waals surface area contributed by atoms with Crippen molar-refractivity contribution in [2.75, 3.05) is 11.9 Å². The number of nitrogens with one attached hydrogen (secondary N) is 3. The minimum Gasteiger partial charge on any atom is -0.345 e. The van der Waals surface area contributed by atoms with Gasteiger partial charge in [0, 0.05) is 11.6 Å². The van der Waals surface area contributed by atoms with Gasteiger partial charge in [0.15, 0.2) is 0 Å². The second-order valence-corrected chi connectivity index (χ2v) is 8.60. The monoisotopic (exact) mass is 401 g/mol. The van der Waals surface area contributed by atoms with Gasteiger partial charge in [0.2, 0.25) is 17.7 Å². The molecule has 160 valence electrons. The molecule has 1 fully saturated rings. The van der Waals surface area contributed by atoms with Crippen LogP contribution >= 0.6 is 0 Å². The highest BCUT2D eigenvalue weighted by molar-refractivity contribution is 5.97. The molecule has 3 amide bonds. The lowest BCUT2D eigenvalue weighted by Crippen LogP contribution is -2.52. The van der Waals surface area contributed by atoms with Crippen LogP contribution in [-0.4, -0.2) is 30.3 Å². The van der Waals surface area contributed by atoms with Crippen molar-refractivity contribution in [3.8, 4) is 0 Å². The topological polar surface area (TPSA) is 87.3 Å². The fourth-order valence-corrected chi connectivity index (χ4v) is 4.01. The molecule has 1 saturated carbocycles. The average molecular weight is 402 g/mol. The van der Waals surface area contributed by atoms with Crippen molar-refractivity contribution >= 4 is 23.4 Å². The highest BCUT2D eigenvalue weighted by Crippen LogP contribution is 2.24. The van der Waals surface area contributed by atoms with Crippen LogP contribution in [0.15, 0.2) is 12.1 Å². The fraction of sp³-hybridized carbons (Fsp3) is 0.609. The van der Waals surface area contributed by atoms with E-state index in [4.69, 9.17) is 0 Å². The summed E-state index contributed by atoms with van der Waals surface area (Å²) in [5, 5.41) is 8.46. The highest BCUT2D eigenvalue weighted by Gasteiger charge is 2.28. The minimum atomic E-state index is -0.639. The Morgan fingerprint density at radius 1 is 1.00 bits per heavy atom. The van der Waals surface area contributed by atoms with Crippen LogP contribution in [0.2, 0.25) is 0 Å². The van der Waals surface area contributed by atoms with Crippen LogP contribution in [0.4, 0.5) is 5.69 Å². The van der Waals surface area contributed by atoms with Gasteiger partial charge < -0.3 is 16.0 Å². The Hall–Kier alpha value is -2.37. The first-order valence-electron chi connectivity index (χ1n) is 10.6. The van der Waals surface area contributed by atoms with Crippen LogP contribution in [0.1, 0.15) is 62.6 Å². The average Bonchev–Trinajstić information content (AvgIpc) is 2.67. The Bertz CT molecular complexity index is 729. The second kappa shape index (κ2) is 10.4. The maximum absolute atomic E-state index is 12.6. The lowest BCUT2D eigenvalue weighted by Gasteiger charge is -2.26. The number of rotatable bonds is 7. The van der Waals surface area contributed by atoms with Gasteiger partial charge in [-0.25, -0.2) is 0 Å². The molecular formula is C23H35N3O3. The van der Waals surface area contributed by atoms with Crippen LogP contribution in [0.5, 0.6) is 0 Å². The van der Waals surface area contributed by atoms with Crippen molar-refractivity contribution in [3.05, 3.63) is 28.8 Å². The third kappa shape index (κ3) is 6.58. The van der Waals surface area contributed by atoms with E-state index in [9.17, 15) is 14.4 Å². The summed E-state index contributed by atoms with van der Waals surface area (Å²) in [7, 11) is 0. The lowest BCUT2D eigenvalue weighted by atomic mass is 9.88. The van der Waals surface area contributed by atoms with Crippen molar-refractivity contribution in [2.45, 2.75) is 72.8 Å². The largest absolute Gasteiger partial charge is 0.345 e. The Labute approximate surface area is 174 Å². The van der Waals surface area contributed by atoms with E-state index in [1.165, 1.54) is 6.42 Å². The Kier molecular flexibility index (Phi) is 8.23. The van der Waals surface area contributed by atoms with Crippen LogP contribution in [-0.2, 0) is 14.4 Å². The van der Waals surface area contributed by atoms with Gasteiger partial charge in [0.25, 0.3) is 0 Å². The molecule has 1 aliphatic carbocycles. The van der Waals surface area contributed by atoms with E-state index in [0.717, 1.165) is 48.1 Å². The number of hydrogen-bond acceptors (Lipinski definition) is 3. The number of amides is 3. The molecule has 1 aromatic rings. The Morgan fingerprint density at radius 3 is 2.14 bits per heavy atom. The number of hydrogen-bond donors (Lipinski definition) is 3. The summed E-state index contributed by atoms with van der Waals surface area (Å²) < 4.78 is 0. The van der Waals surface area contributed by atoms with Gasteiger partial charge in [-0.1, -0.05) is 50.8 Å². The van der Waals surface area contributed by atoms with Gasteiger partial charge in [0.05, 0.1) is 6.54 Å². The molecule has 0 aliphatic heterocycles. The first kappa shape index (κ1) is 22.9. The SMILES string of the molecule is Cc1cc(C)c(NC(=O)CNC(=O)C(NC(=O)C2CCCCC2)C(C)C)c(C)c1. The number of benzene rings is 1. The van der Waals surface area contributed by atoms with Gasteiger partial charge >= 0.3 is 0 Å². The number of aryl methyl sites for hydroxylation is 3. The first-order valence-corrected chi connectivity index (χ1v) is 10.6. The number of anilines is 1. The van der Waals surface area contributed by atoms with Gasteiger partial charge in [-0.15, -0.1) is 0 Å². The van der Waals surface area contributed by atoms with Crippen molar-refractivity contribution in [3.63, 3.8) is 0 Å². The quantitative estimate of drug-likeness (QED) is 0.654. The molecule has 3 N–H and O–H groups in total. The maximum atomic E-state index is 12.6. The summed E-state index contributed by atoms with van der Waals surface area (Å²) in [6.45, 7) is 9.57. The molecule has 0 saturated heterocycles. The van der Waals surface area contributed by atoms with E-state index in [0.29, 0.717) is 0 Å². The van der Waals surface area contributed by atoms with Crippen molar-refractivity contribution < 1.29 is 14.4 Å². The van der Waals surface area contributed by atoms with E-state index in [1.807, 2.05) is 46.8 Å². The van der Waals surface area contributed by atoms with Crippen LogP contribution in [0.3, 0.4) is 0 Å². The van der Waals surface area contributed by atoms with Crippen molar-refractivity contribution in [2.24, 2.45) is 11.8 Å². The van der Waals surface area contributed by atoms with E-state index >= 15 is 0 Å². The van der Waals surface area contributed by atoms with E-state index in [1.54, 1.807) is 0 Å². The van der Waals surface area contributed by atoms with Gasteiger partial charge in [-0.05, 0) is 50.7 Å². The van der Waals surface area contributed by atoms with E-state index < -0.39 is 6.04 Å². The van der Waals surface area contributed by atoms with Crippen molar-refractivity contribution in [1.29, 1.82) is 0 Å². The third-order valence-electron chi connectivity index (χ3n) is 5.59. The molecule has 1 aliphatic rings. The van der Waals surface area contributed by atoms with E-state index in [2.05, 4.69) is 16.0 Å². The molecule has 0 spiro atoms. The summed E-state index contributed by atoms with van der Waals surface area (Å²) in [6, 6.07) is 3.38. The fourth-order valence-electron chi connectivity index (χ4n) is 4.01. The molecule has 6 nitrogen and oxygen atoms in total. The summed E-state index contributed by atoms with van der Waals surface area (Å²) in [4.78, 5) is 37.5. The summed E-state index contributed by atoms with van der Waals surface area (Å²) in [5.74, 6) is -0.721. The smallest absolute Gasteiger partial charge is 0.243 e. The van der Waals surface area contributed by atoms with Gasteiger partial charge in [-0.2, -0.15) is 0 Å². The predicted molar refractivity (Wildman–Crippen MR) is 116 cm³/mol. The molecule has 29 heavy (non-hydrogen) atoms. The third-order valence-corrected chi connectivity index (χ3v) is 5.59. The lowest BCUT2D eigenvalue weighted by molar-refractivity contribution is -0.133. The maximum Gasteiger partial charge on any atom is 0.243 e. The normalized spacial score (nSPS) is 15.7. The molecule has 2 rings (SSSR count). The zero-order chi connectivity index (χ0) is 21.6.